The lowest BCUT2D eigenvalue weighted by atomic mass is 10.0. The molecule has 3 aromatic carbocycles. The van der Waals surface area contributed by atoms with Crippen molar-refractivity contribution < 1.29 is 13.2 Å². The summed E-state index contributed by atoms with van der Waals surface area (Å²) in [5.74, 6) is 0.398. The Balaban J connectivity index is 1.63. The van der Waals surface area contributed by atoms with Crippen LogP contribution in [0.25, 0.3) is 27.8 Å². The highest BCUT2D eigenvalue weighted by Crippen LogP contribution is 2.34. The minimum absolute atomic E-state index is 0.0848. The number of nitrogens with zero attached hydrogens (tertiary/aromatic N) is 5. The monoisotopic (exact) mass is 453 g/mol. The van der Waals surface area contributed by atoms with Crippen LogP contribution in [0, 0.1) is 5.82 Å². The number of halogens is 4. The maximum Gasteiger partial charge on any atom is 0.263 e. The Kier molecular flexibility index (Phi) is 4.94. The number of fused-ring (bicyclic) bond motifs is 3. The second-order valence-electron chi connectivity index (χ2n) is 7.24. The summed E-state index contributed by atoms with van der Waals surface area (Å²) in [6, 6.07) is 17.8. The molecule has 0 N–H and O–H groups in total. The quantitative estimate of drug-likeness (QED) is 0.314. The number of rotatable bonds is 4. The van der Waals surface area contributed by atoms with Crippen LogP contribution in [0.5, 0.6) is 0 Å². The van der Waals surface area contributed by atoms with Crippen molar-refractivity contribution in [3.63, 3.8) is 0 Å². The zero-order valence-electron chi connectivity index (χ0n) is 16.7. The van der Waals surface area contributed by atoms with Crippen molar-refractivity contribution in [1.82, 2.24) is 19.6 Å². The second kappa shape index (κ2) is 7.80. The minimum Gasteiger partial charge on any atom is -0.329 e. The van der Waals surface area contributed by atoms with E-state index in [9.17, 15) is 13.2 Å². The van der Waals surface area contributed by atoms with Gasteiger partial charge >= 0.3 is 0 Å². The van der Waals surface area contributed by atoms with Gasteiger partial charge in [0.25, 0.3) is 12.2 Å². The van der Waals surface area contributed by atoms with Crippen molar-refractivity contribution in [3.05, 3.63) is 83.4 Å². The Bertz CT molecular complexity index is 1450. The molecule has 0 aliphatic carbocycles. The predicted molar refractivity (Wildman–Crippen MR) is 118 cm³/mol. The van der Waals surface area contributed by atoms with Gasteiger partial charge in [0.05, 0.1) is 5.52 Å². The molecule has 0 radical (unpaired) electrons. The molecule has 32 heavy (non-hydrogen) atoms. The maximum atomic E-state index is 14.6. The van der Waals surface area contributed by atoms with E-state index >= 15 is 0 Å². The number of anilines is 2. The van der Waals surface area contributed by atoms with Gasteiger partial charge in [0.15, 0.2) is 0 Å². The first-order valence-electron chi connectivity index (χ1n) is 9.64. The first-order valence-corrected chi connectivity index (χ1v) is 10.0. The Labute approximate surface area is 185 Å². The lowest BCUT2D eigenvalue weighted by molar-refractivity contribution is 0.151. The summed E-state index contributed by atoms with van der Waals surface area (Å²) in [6.07, 6.45) is -2.56. The molecule has 160 valence electrons. The molecule has 9 heteroatoms. The summed E-state index contributed by atoms with van der Waals surface area (Å²) in [7, 11) is 1.77. The van der Waals surface area contributed by atoms with Gasteiger partial charge in [0.2, 0.25) is 5.28 Å². The fraction of sp³-hybridized carbons (Fsp3) is 0.0870. The van der Waals surface area contributed by atoms with Crippen LogP contribution >= 0.6 is 11.6 Å². The topological polar surface area (TPSA) is 46.3 Å². The average molecular weight is 454 g/mol. The normalized spacial score (nSPS) is 11.6. The molecule has 0 fully saturated rings. The molecule has 5 nitrogen and oxygen atoms in total. The van der Waals surface area contributed by atoms with Crippen LogP contribution in [-0.2, 0) is 0 Å². The van der Waals surface area contributed by atoms with Gasteiger partial charge in [-0.25, -0.2) is 17.6 Å². The van der Waals surface area contributed by atoms with Gasteiger partial charge in [-0.2, -0.15) is 4.98 Å². The summed E-state index contributed by atoms with van der Waals surface area (Å²) in [5, 5.41) is 8.88. The van der Waals surface area contributed by atoms with Crippen LogP contribution in [-0.4, -0.2) is 26.6 Å². The summed E-state index contributed by atoms with van der Waals surface area (Å²) in [4.78, 5) is 6.33. The highest BCUT2D eigenvalue weighted by Gasteiger charge is 2.17. The Morgan fingerprint density at radius 2 is 1.69 bits per heavy atom. The highest BCUT2D eigenvalue weighted by molar-refractivity contribution is 6.29. The largest absolute Gasteiger partial charge is 0.329 e. The molecule has 5 rings (SSSR count). The molecule has 0 aliphatic rings. The third-order valence-corrected chi connectivity index (χ3v) is 5.53. The smallest absolute Gasteiger partial charge is 0.263 e. The lowest BCUT2D eigenvalue weighted by Gasteiger charge is -2.21. The Morgan fingerprint density at radius 3 is 2.44 bits per heavy atom. The van der Waals surface area contributed by atoms with Crippen molar-refractivity contribution in [2.45, 2.75) is 6.43 Å². The van der Waals surface area contributed by atoms with Crippen LogP contribution in [0.4, 0.5) is 24.7 Å². The van der Waals surface area contributed by atoms with Crippen molar-refractivity contribution in [3.8, 4) is 11.1 Å². The van der Waals surface area contributed by atoms with E-state index < -0.39 is 12.2 Å². The van der Waals surface area contributed by atoms with Crippen molar-refractivity contribution in [2.75, 3.05) is 11.9 Å². The molecule has 0 unspecified atom stereocenters. The average Bonchev–Trinajstić information content (AvgIpc) is 3.18. The number of para-hydroxylation sites is 1. The molecule has 0 amide bonds. The third-order valence-electron chi connectivity index (χ3n) is 5.28. The van der Waals surface area contributed by atoms with Gasteiger partial charge in [-0.3, -0.25) is 0 Å². The van der Waals surface area contributed by atoms with Crippen molar-refractivity contribution >= 4 is 39.8 Å². The minimum atomic E-state index is -2.56. The van der Waals surface area contributed by atoms with Crippen LogP contribution < -0.4 is 4.90 Å². The summed E-state index contributed by atoms with van der Waals surface area (Å²) >= 11 is 6.18. The SMILES string of the molecule is CN(c1cc(F)cc(-c2ccc(C(F)F)cc2)c1)c1nc2nnc(Cl)n2c2ccccc12. The zero-order valence-corrected chi connectivity index (χ0v) is 17.4. The van der Waals surface area contributed by atoms with Crippen LogP contribution in [0.2, 0.25) is 5.28 Å². The molecule has 0 atom stereocenters. The highest BCUT2D eigenvalue weighted by atomic mass is 35.5. The van der Waals surface area contributed by atoms with Crippen molar-refractivity contribution in [2.24, 2.45) is 0 Å². The molecule has 2 aromatic heterocycles. The molecular weight excluding hydrogens is 439 g/mol. The first kappa shape index (κ1) is 20.3. The number of hydrogen-bond acceptors (Lipinski definition) is 4. The van der Waals surface area contributed by atoms with E-state index in [2.05, 4.69) is 15.2 Å². The lowest BCUT2D eigenvalue weighted by Crippen LogP contribution is -2.13. The fourth-order valence-corrected chi connectivity index (χ4v) is 3.89. The van der Waals surface area contributed by atoms with Gasteiger partial charge in [-0.05, 0) is 53.1 Å². The molecule has 0 spiro atoms. The van der Waals surface area contributed by atoms with E-state index in [1.54, 1.807) is 34.5 Å². The fourth-order valence-electron chi connectivity index (χ4n) is 3.68. The molecule has 0 aliphatic heterocycles. The summed E-state index contributed by atoms with van der Waals surface area (Å²) in [5.41, 5.74) is 2.39. The number of alkyl halides is 2. The van der Waals surface area contributed by atoms with E-state index in [1.165, 1.54) is 24.3 Å². The predicted octanol–water partition coefficient (Wildman–Crippen LogP) is 6.44. The standard InChI is InChI=1S/C23H15ClF3N5/c1-31(21-18-4-2-3-5-19(18)32-22(24)29-30-23(32)28-21)17-11-15(10-16(25)12-17)13-6-8-14(9-7-13)20(26)27/h2-12,20H,1H3. The van der Waals surface area contributed by atoms with Crippen LogP contribution in [0.3, 0.4) is 0 Å². The maximum absolute atomic E-state index is 14.6. The molecule has 0 bridgehead atoms. The Morgan fingerprint density at radius 1 is 0.938 bits per heavy atom. The second-order valence-corrected chi connectivity index (χ2v) is 7.57. The summed E-state index contributed by atoms with van der Waals surface area (Å²) in [6.45, 7) is 0. The number of hydrogen-bond donors (Lipinski definition) is 0. The first-order chi connectivity index (χ1) is 15.4. The number of benzene rings is 3. The molecule has 5 aromatic rings. The summed E-state index contributed by atoms with van der Waals surface area (Å²) < 4.78 is 41.9. The van der Waals surface area contributed by atoms with E-state index in [-0.39, 0.29) is 10.8 Å². The zero-order chi connectivity index (χ0) is 22.4. The van der Waals surface area contributed by atoms with E-state index in [0.717, 1.165) is 10.9 Å². The van der Waals surface area contributed by atoms with Gasteiger partial charge in [0, 0.05) is 23.7 Å². The van der Waals surface area contributed by atoms with E-state index in [0.29, 0.717) is 28.4 Å². The van der Waals surface area contributed by atoms with E-state index in [1.807, 2.05) is 24.3 Å². The molecule has 0 saturated carbocycles. The Hall–Kier alpha value is -3.65. The van der Waals surface area contributed by atoms with Crippen LogP contribution in [0.1, 0.15) is 12.0 Å². The molecule has 0 saturated heterocycles. The van der Waals surface area contributed by atoms with Gasteiger partial charge in [-0.1, -0.05) is 36.4 Å². The van der Waals surface area contributed by atoms with Crippen LogP contribution in [0.15, 0.2) is 66.7 Å². The third kappa shape index (κ3) is 3.42. The van der Waals surface area contributed by atoms with Gasteiger partial charge in [-0.15, -0.1) is 10.2 Å². The molecular formula is C23H15ClF3N5. The van der Waals surface area contributed by atoms with Gasteiger partial charge in [0.1, 0.15) is 11.6 Å². The number of aromatic nitrogens is 4. The van der Waals surface area contributed by atoms with E-state index in [4.69, 9.17) is 11.6 Å². The molecule has 2 heterocycles. The van der Waals surface area contributed by atoms with Crippen molar-refractivity contribution in [1.29, 1.82) is 0 Å². The van der Waals surface area contributed by atoms with Gasteiger partial charge < -0.3 is 4.90 Å².